The van der Waals surface area contributed by atoms with Gasteiger partial charge in [0.25, 0.3) is 5.69 Å². The van der Waals surface area contributed by atoms with Gasteiger partial charge in [-0.15, -0.1) is 0 Å². The molecule has 0 aliphatic carbocycles. The van der Waals surface area contributed by atoms with Gasteiger partial charge in [0.1, 0.15) is 5.69 Å². The molecule has 0 bridgehead atoms. The molecule has 0 aliphatic heterocycles. The second-order valence-corrected chi connectivity index (χ2v) is 4.57. The Kier molecular flexibility index (Phi) is 3.49. The Morgan fingerprint density at radius 1 is 1.50 bits per heavy atom. The van der Waals surface area contributed by atoms with Crippen molar-refractivity contribution >= 4 is 11.4 Å². The van der Waals surface area contributed by atoms with Crippen LogP contribution in [0.5, 0.6) is 0 Å². The zero-order valence-corrected chi connectivity index (χ0v) is 9.78. The molecule has 0 spiro atoms. The first-order valence-corrected chi connectivity index (χ1v) is 5.08. The third-order valence-corrected chi connectivity index (χ3v) is 2.15. The number of hydrogen-bond donors (Lipinski definition) is 2. The van der Waals surface area contributed by atoms with Gasteiger partial charge in [-0.25, -0.2) is 0 Å². The van der Waals surface area contributed by atoms with E-state index in [0.29, 0.717) is 17.8 Å². The van der Waals surface area contributed by atoms with E-state index in [-0.39, 0.29) is 10.6 Å². The van der Waals surface area contributed by atoms with E-state index >= 15 is 0 Å². The standard InChI is InChI=1S/C11H17N3O2/c1-8-5-4-6-9(10(8)14(15)16)13-7-11(2,3)12/h4-6,13H,7,12H2,1-3H3. The fourth-order valence-corrected chi connectivity index (χ4v) is 1.37. The molecule has 1 rings (SSSR count). The second kappa shape index (κ2) is 4.49. The number of nitro benzene ring substituents is 1. The summed E-state index contributed by atoms with van der Waals surface area (Å²) in [6.45, 7) is 5.93. The molecule has 0 aliphatic rings. The first-order valence-electron chi connectivity index (χ1n) is 5.08. The van der Waals surface area contributed by atoms with Crippen LogP contribution in [0.4, 0.5) is 11.4 Å². The summed E-state index contributed by atoms with van der Waals surface area (Å²) >= 11 is 0. The Hall–Kier alpha value is -1.62. The van der Waals surface area contributed by atoms with E-state index < -0.39 is 5.54 Å². The molecule has 5 nitrogen and oxygen atoms in total. The topological polar surface area (TPSA) is 81.2 Å². The highest BCUT2D eigenvalue weighted by Crippen LogP contribution is 2.27. The first kappa shape index (κ1) is 12.4. The van der Waals surface area contributed by atoms with E-state index in [4.69, 9.17) is 5.73 Å². The zero-order valence-electron chi connectivity index (χ0n) is 9.78. The number of aryl methyl sites for hydroxylation is 1. The number of nitrogens with zero attached hydrogens (tertiary/aromatic N) is 1. The third kappa shape index (κ3) is 3.20. The van der Waals surface area contributed by atoms with Crippen LogP contribution in [-0.4, -0.2) is 17.0 Å². The summed E-state index contributed by atoms with van der Waals surface area (Å²) in [4.78, 5) is 10.5. The number of para-hydroxylation sites is 1. The largest absolute Gasteiger partial charge is 0.378 e. The van der Waals surface area contributed by atoms with Crippen molar-refractivity contribution in [2.24, 2.45) is 5.73 Å². The highest BCUT2D eigenvalue weighted by Gasteiger charge is 2.18. The quantitative estimate of drug-likeness (QED) is 0.604. The fourth-order valence-electron chi connectivity index (χ4n) is 1.37. The molecule has 1 aromatic rings. The Balaban J connectivity index is 2.96. The maximum Gasteiger partial charge on any atom is 0.295 e. The third-order valence-electron chi connectivity index (χ3n) is 2.15. The van der Waals surface area contributed by atoms with E-state index in [9.17, 15) is 10.1 Å². The van der Waals surface area contributed by atoms with E-state index in [0.717, 1.165) is 0 Å². The average Bonchev–Trinajstić information content (AvgIpc) is 2.12. The van der Waals surface area contributed by atoms with E-state index in [1.807, 2.05) is 13.8 Å². The van der Waals surface area contributed by atoms with Crippen molar-refractivity contribution in [2.75, 3.05) is 11.9 Å². The van der Waals surface area contributed by atoms with Crippen molar-refractivity contribution in [1.29, 1.82) is 0 Å². The summed E-state index contributed by atoms with van der Waals surface area (Å²) in [5.41, 5.74) is 6.69. The maximum atomic E-state index is 10.9. The summed E-state index contributed by atoms with van der Waals surface area (Å²) in [5.74, 6) is 0. The normalized spacial score (nSPS) is 11.2. The van der Waals surface area contributed by atoms with Gasteiger partial charge in [-0.2, -0.15) is 0 Å². The highest BCUT2D eigenvalue weighted by molar-refractivity contribution is 5.65. The molecule has 0 saturated heterocycles. The predicted molar refractivity (Wildman–Crippen MR) is 64.6 cm³/mol. The lowest BCUT2D eigenvalue weighted by Crippen LogP contribution is -2.39. The van der Waals surface area contributed by atoms with Crippen molar-refractivity contribution in [1.82, 2.24) is 0 Å². The summed E-state index contributed by atoms with van der Waals surface area (Å²) < 4.78 is 0. The molecular weight excluding hydrogens is 206 g/mol. The van der Waals surface area contributed by atoms with Gasteiger partial charge in [0, 0.05) is 17.6 Å². The number of nitrogens with one attached hydrogen (secondary N) is 1. The molecule has 1 aromatic carbocycles. The van der Waals surface area contributed by atoms with Crippen molar-refractivity contribution < 1.29 is 4.92 Å². The van der Waals surface area contributed by atoms with Gasteiger partial charge < -0.3 is 11.1 Å². The molecule has 0 fully saturated rings. The molecule has 0 unspecified atom stereocenters. The van der Waals surface area contributed by atoms with Crippen LogP contribution in [-0.2, 0) is 0 Å². The molecule has 0 amide bonds. The van der Waals surface area contributed by atoms with Gasteiger partial charge in [-0.1, -0.05) is 12.1 Å². The number of anilines is 1. The SMILES string of the molecule is Cc1cccc(NCC(C)(C)N)c1[N+](=O)[O-]. The summed E-state index contributed by atoms with van der Waals surface area (Å²) in [6, 6.07) is 5.20. The van der Waals surface area contributed by atoms with Crippen LogP contribution in [0.2, 0.25) is 0 Å². The molecule has 0 saturated carbocycles. The summed E-state index contributed by atoms with van der Waals surface area (Å²) in [6.07, 6.45) is 0. The minimum absolute atomic E-state index is 0.117. The van der Waals surface area contributed by atoms with Crippen LogP contribution in [0.1, 0.15) is 19.4 Å². The Labute approximate surface area is 94.8 Å². The lowest BCUT2D eigenvalue weighted by Gasteiger charge is -2.19. The van der Waals surface area contributed by atoms with Gasteiger partial charge in [0.05, 0.1) is 4.92 Å². The number of nitrogens with two attached hydrogens (primary N) is 1. The van der Waals surface area contributed by atoms with Crippen LogP contribution in [0.25, 0.3) is 0 Å². The number of rotatable bonds is 4. The molecule has 5 heteroatoms. The van der Waals surface area contributed by atoms with E-state index in [1.165, 1.54) is 0 Å². The van der Waals surface area contributed by atoms with Gasteiger partial charge in [0.15, 0.2) is 0 Å². The van der Waals surface area contributed by atoms with Gasteiger partial charge in [0.2, 0.25) is 0 Å². The maximum absolute atomic E-state index is 10.9. The van der Waals surface area contributed by atoms with Crippen molar-refractivity contribution in [3.05, 3.63) is 33.9 Å². The van der Waals surface area contributed by atoms with Crippen molar-refractivity contribution in [3.63, 3.8) is 0 Å². The van der Waals surface area contributed by atoms with E-state index in [1.54, 1.807) is 25.1 Å². The second-order valence-electron chi connectivity index (χ2n) is 4.57. The highest BCUT2D eigenvalue weighted by atomic mass is 16.6. The molecule has 0 heterocycles. The first-order chi connectivity index (χ1) is 7.31. The summed E-state index contributed by atoms with van der Waals surface area (Å²) in [5, 5.41) is 13.9. The summed E-state index contributed by atoms with van der Waals surface area (Å²) in [7, 11) is 0. The number of nitro groups is 1. The molecular formula is C11H17N3O2. The zero-order chi connectivity index (χ0) is 12.3. The lowest BCUT2D eigenvalue weighted by molar-refractivity contribution is -0.384. The molecule has 88 valence electrons. The molecule has 3 N–H and O–H groups in total. The van der Waals surface area contributed by atoms with Crippen molar-refractivity contribution in [3.8, 4) is 0 Å². The van der Waals surface area contributed by atoms with Gasteiger partial charge in [-0.05, 0) is 26.8 Å². The fraction of sp³-hybridized carbons (Fsp3) is 0.455. The Bertz CT molecular complexity index is 397. The average molecular weight is 223 g/mol. The van der Waals surface area contributed by atoms with Gasteiger partial charge >= 0.3 is 0 Å². The number of hydrogen-bond acceptors (Lipinski definition) is 4. The molecule has 0 radical (unpaired) electrons. The smallest absolute Gasteiger partial charge is 0.295 e. The van der Waals surface area contributed by atoms with Crippen LogP contribution < -0.4 is 11.1 Å². The predicted octanol–water partition coefficient (Wildman–Crippen LogP) is 2.05. The number of benzene rings is 1. The Morgan fingerprint density at radius 3 is 2.62 bits per heavy atom. The van der Waals surface area contributed by atoms with E-state index in [2.05, 4.69) is 5.32 Å². The lowest BCUT2D eigenvalue weighted by atomic mass is 10.1. The molecule has 0 aromatic heterocycles. The molecule has 16 heavy (non-hydrogen) atoms. The van der Waals surface area contributed by atoms with Crippen LogP contribution in [0.15, 0.2) is 18.2 Å². The van der Waals surface area contributed by atoms with Crippen LogP contribution >= 0.6 is 0 Å². The monoisotopic (exact) mass is 223 g/mol. The minimum atomic E-state index is -0.405. The van der Waals surface area contributed by atoms with Crippen molar-refractivity contribution in [2.45, 2.75) is 26.3 Å². The Morgan fingerprint density at radius 2 is 2.12 bits per heavy atom. The molecule has 0 atom stereocenters. The minimum Gasteiger partial charge on any atom is -0.378 e. The van der Waals surface area contributed by atoms with Gasteiger partial charge in [-0.3, -0.25) is 10.1 Å². The van der Waals surface area contributed by atoms with Crippen LogP contribution in [0.3, 0.4) is 0 Å². The van der Waals surface area contributed by atoms with Crippen LogP contribution in [0, 0.1) is 17.0 Å².